The molecule has 10 nitrogen and oxygen atoms in total. The van der Waals surface area contributed by atoms with Gasteiger partial charge in [0.2, 0.25) is 15.9 Å². The molecule has 1 amide bonds. The van der Waals surface area contributed by atoms with Gasteiger partial charge >= 0.3 is 0 Å². The minimum absolute atomic E-state index is 0.000299. The van der Waals surface area contributed by atoms with E-state index < -0.39 is 21.0 Å². The van der Waals surface area contributed by atoms with Gasteiger partial charge in [0.05, 0.1) is 9.82 Å². The maximum Gasteiger partial charge on any atom is 0.292 e. The van der Waals surface area contributed by atoms with Crippen molar-refractivity contribution in [1.29, 1.82) is 0 Å². The quantitative estimate of drug-likeness (QED) is 0.254. The summed E-state index contributed by atoms with van der Waals surface area (Å²) in [5.41, 5.74) is 6.76. The summed E-state index contributed by atoms with van der Waals surface area (Å²) in [4.78, 5) is 28.1. The number of likely N-dealkylation sites (tertiary alicyclic amines) is 1. The first kappa shape index (κ1) is 27.3. The molecule has 1 unspecified atom stereocenters. The standard InChI is InChI=1S/C27H33N5O5S/c1-18-12-14-31(15-13-18)27(33)23(16-19-10-11-22(28)25(17-19)32(34)35)29-38(36,37)26-9-5-6-20-21(26)7-4-8-24(20)30(2)3/h4-11,17-18,23,29H,12-16,28H2,1-3H3. The molecule has 3 aromatic carbocycles. The number of rotatable bonds is 8. The molecule has 1 fully saturated rings. The van der Waals surface area contributed by atoms with Crippen LogP contribution >= 0.6 is 0 Å². The zero-order valence-electron chi connectivity index (χ0n) is 21.8. The summed E-state index contributed by atoms with van der Waals surface area (Å²) in [6.45, 7) is 3.18. The van der Waals surface area contributed by atoms with Crippen molar-refractivity contribution in [2.45, 2.75) is 37.1 Å². The van der Waals surface area contributed by atoms with E-state index in [1.54, 1.807) is 29.2 Å². The summed E-state index contributed by atoms with van der Waals surface area (Å²) >= 11 is 0. The lowest BCUT2D eigenvalue weighted by Gasteiger charge is -2.33. The first-order chi connectivity index (χ1) is 18.0. The Bertz CT molecular complexity index is 1470. The van der Waals surface area contributed by atoms with E-state index in [2.05, 4.69) is 11.6 Å². The van der Waals surface area contributed by atoms with Gasteiger partial charge in [-0.05, 0) is 48.9 Å². The molecule has 4 rings (SSSR count). The third-order valence-electron chi connectivity index (χ3n) is 7.05. The van der Waals surface area contributed by atoms with Crippen molar-refractivity contribution >= 4 is 43.8 Å². The predicted octanol–water partition coefficient (Wildman–Crippen LogP) is 3.54. The van der Waals surface area contributed by atoms with Crippen LogP contribution in [-0.4, -0.2) is 57.4 Å². The number of nitrogen functional groups attached to an aromatic ring is 1. The number of amides is 1. The lowest BCUT2D eigenvalue weighted by atomic mass is 9.97. The Kier molecular flexibility index (Phi) is 7.89. The van der Waals surface area contributed by atoms with E-state index in [1.807, 2.05) is 31.1 Å². The van der Waals surface area contributed by atoms with Crippen molar-refractivity contribution in [2.24, 2.45) is 5.92 Å². The van der Waals surface area contributed by atoms with Crippen molar-refractivity contribution in [3.8, 4) is 0 Å². The minimum Gasteiger partial charge on any atom is -0.393 e. The Morgan fingerprint density at radius 1 is 1.13 bits per heavy atom. The molecular weight excluding hydrogens is 506 g/mol. The molecule has 1 heterocycles. The van der Waals surface area contributed by atoms with Crippen LogP contribution in [-0.2, 0) is 21.2 Å². The Morgan fingerprint density at radius 3 is 2.45 bits per heavy atom. The van der Waals surface area contributed by atoms with E-state index in [0.717, 1.165) is 23.9 Å². The first-order valence-corrected chi connectivity index (χ1v) is 14.0. The van der Waals surface area contributed by atoms with Crippen molar-refractivity contribution in [3.63, 3.8) is 0 Å². The number of fused-ring (bicyclic) bond motifs is 1. The number of carbonyl (C=O) groups excluding carboxylic acids is 1. The molecule has 1 aliphatic rings. The average molecular weight is 540 g/mol. The Labute approximate surface area is 222 Å². The van der Waals surface area contributed by atoms with Crippen LogP contribution in [0.2, 0.25) is 0 Å². The summed E-state index contributed by atoms with van der Waals surface area (Å²) in [5, 5.41) is 12.7. The smallest absolute Gasteiger partial charge is 0.292 e. The van der Waals surface area contributed by atoms with Gasteiger partial charge in [0, 0.05) is 49.7 Å². The molecule has 0 aliphatic carbocycles. The van der Waals surface area contributed by atoms with Gasteiger partial charge < -0.3 is 15.5 Å². The summed E-state index contributed by atoms with van der Waals surface area (Å²) in [6, 6.07) is 13.6. The number of benzene rings is 3. The van der Waals surface area contributed by atoms with Crippen molar-refractivity contribution in [2.75, 3.05) is 37.8 Å². The molecule has 1 atom stereocenters. The molecule has 38 heavy (non-hydrogen) atoms. The molecule has 0 spiro atoms. The number of nitrogens with zero attached hydrogens (tertiary/aromatic N) is 3. The molecule has 0 radical (unpaired) electrons. The highest BCUT2D eigenvalue weighted by Crippen LogP contribution is 2.31. The zero-order chi connectivity index (χ0) is 27.6. The number of nitrogens with two attached hydrogens (primary N) is 1. The Morgan fingerprint density at radius 2 is 1.79 bits per heavy atom. The fraction of sp³-hybridized carbons (Fsp3) is 0.370. The third kappa shape index (κ3) is 5.73. The molecule has 0 bridgehead atoms. The summed E-state index contributed by atoms with van der Waals surface area (Å²) < 4.78 is 30.2. The lowest BCUT2D eigenvalue weighted by molar-refractivity contribution is -0.384. The largest absolute Gasteiger partial charge is 0.393 e. The molecule has 3 aromatic rings. The number of anilines is 2. The number of piperidine rings is 1. The topological polar surface area (TPSA) is 139 Å². The fourth-order valence-corrected chi connectivity index (χ4v) is 6.29. The maximum atomic E-state index is 13.8. The van der Waals surface area contributed by atoms with E-state index in [1.165, 1.54) is 18.2 Å². The second-order valence-electron chi connectivity index (χ2n) is 10.1. The van der Waals surface area contributed by atoms with Gasteiger partial charge in [0.15, 0.2) is 0 Å². The van der Waals surface area contributed by atoms with E-state index in [9.17, 15) is 23.3 Å². The second-order valence-corrected chi connectivity index (χ2v) is 11.7. The minimum atomic E-state index is -4.15. The van der Waals surface area contributed by atoms with E-state index in [0.29, 0.717) is 30.0 Å². The van der Waals surface area contributed by atoms with Crippen molar-refractivity contribution in [1.82, 2.24) is 9.62 Å². The number of nitro groups is 1. The fourth-order valence-electron chi connectivity index (χ4n) is 4.88. The molecule has 0 aromatic heterocycles. The molecular formula is C27H33N5O5S. The van der Waals surface area contributed by atoms with Gasteiger partial charge in [0.25, 0.3) is 5.69 Å². The molecule has 1 aliphatic heterocycles. The SMILES string of the molecule is CC1CCN(C(=O)C(Cc2ccc(N)c([N+](=O)[O-])c2)NS(=O)(=O)c2cccc3c(N(C)C)cccc23)CC1. The van der Waals surface area contributed by atoms with Crippen LogP contribution in [0.15, 0.2) is 59.5 Å². The van der Waals surface area contributed by atoms with E-state index in [-0.39, 0.29) is 28.6 Å². The van der Waals surface area contributed by atoms with Gasteiger partial charge in [-0.3, -0.25) is 14.9 Å². The lowest BCUT2D eigenvalue weighted by Crippen LogP contribution is -2.51. The van der Waals surface area contributed by atoms with Gasteiger partial charge in [-0.1, -0.05) is 37.3 Å². The van der Waals surface area contributed by atoms with Crippen LogP contribution in [0.3, 0.4) is 0 Å². The third-order valence-corrected chi connectivity index (χ3v) is 8.58. The van der Waals surface area contributed by atoms with Crippen LogP contribution in [0.4, 0.5) is 17.1 Å². The number of sulfonamides is 1. The van der Waals surface area contributed by atoms with Gasteiger partial charge in [-0.2, -0.15) is 4.72 Å². The molecule has 202 valence electrons. The Hall–Kier alpha value is -3.70. The van der Waals surface area contributed by atoms with Crippen molar-refractivity contribution < 1.29 is 18.1 Å². The number of nitrogens with one attached hydrogen (secondary N) is 1. The maximum absolute atomic E-state index is 13.8. The molecule has 3 N–H and O–H groups in total. The molecule has 11 heteroatoms. The summed E-state index contributed by atoms with van der Waals surface area (Å²) in [6.07, 6.45) is 1.60. The van der Waals surface area contributed by atoms with E-state index in [4.69, 9.17) is 5.73 Å². The van der Waals surface area contributed by atoms with Gasteiger partial charge in [0.1, 0.15) is 11.7 Å². The molecule has 0 saturated carbocycles. The average Bonchev–Trinajstić information content (AvgIpc) is 2.88. The normalized spacial score (nSPS) is 15.4. The zero-order valence-corrected chi connectivity index (χ0v) is 22.6. The van der Waals surface area contributed by atoms with Crippen molar-refractivity contribution in [3.05, 3.63) is 70.3 Å². The summed E-state index contributed by atoms with van der Waals surface area (Å²) in [7, 11) is -0.386. The van der Waals surface area contributed by atoms with E-state index >= 15 is 0 Å². The van der Waals surface area contributed by atoms with Crippen LogP contribution in [0.1, 0.15) is 25.3 Å². The predicted molar refractivity (Wildman–Crippen MR) is 149 cm³/mol. The summed E-state index contributed by atoms with van der Waals surface area (Å²) in [5.74, 6) is 0.129. The second kappa shape index (κ2) is 11.0. The highest BCUT2D eigenvalue weighted by molar-refractivity contribution is 7.89. The molecule has 1 saturated heterocycles. The number of nitro benzene ring substituents is 1. The number of hydrogen-bond donors (Lipinski definition) is 2. The number of carbonyl (C=O) groups is 1. The Balaban J connectivity index is 1.72. The van der Waals surface area contributed by atoms with Crippen LogP contribution in [0, 0.1) is 16.0 Å². The monoisotopic (exact) mass is 539 g/mol. The number of hydrogen-bond acceptors (Lipinski definition) is 7. The van der Waals surface area contributed by atoms with Crippen LogP contribution < -0.4 is 15.4 Å². The van der Waals surface area contributed by atoms with Crippen LogP contribution in [0.5, 0.6) is 0 Å². The first-order valence-electron chi connectivity index (χ1n) is 12.5. The van der Waals surface area contributed by atoms with Gasteiger partial charge in [-0.15, -0.1) is 0 Å². The van der Waals surface area contributed by atoms with Crippen LogP contribution in [0.25, 0.3) is 10.8 Å². The van der Waals surface area contributed by atoms with Gasteiger partial charge in [-0.25, -0.2) is 8.42 Å². The highest BCUT2D eigenvalue weighted by atomic mass is 32.2. The highest BCUT2D eigenvalue weighted by Gasteiger charge is 2.32.